The molecule has 0 spiro atoms. The number of benzene rings is 2. The van der Waals surface area contributed by atoms with E-state index in [1.165, 1.54) is 4.90 Å². The minimum absolute atomic E-state index is 0.0255. The molecular weight excluding hydrogens is 440 g/mol. The average molecular weight is 471 g/mol. The van der Waals surface area contributed by atoms with E-state index in [1.54, 1.807) is 31.5 Å². The molecule has 4 rings (SSSR count). The van der Waals surface area contributed by atoms with E-state index in [9.17, 15) is 14.7 Å². The molecule has 1 unspecified atom stereocenters. The second-order valence-corrected chi connectivity index (χ2v) is 9.21. The number of ketones is 1. The number of rotatable bonds is 5. The predicted octanol–water partition coefficient (Wildman–Crippen LogP) is 5.77. The van der Waals surface area contributed by atoms with Gasteiger partial charge in [0.2, 0.25) is 0 Å². The Labute approximate surface area is 205 Å². The summed E-state index contributed by atoms with van der Waals surface area (Å²) in [6, 6.07) is 13.8. The summed E-state index contributed by atoms with van der Waals surface area (Å²) in [5.74, 6) is -0.799. The number of aryl methyl sites for hydroxylation is 2. The Balaban J connectivity index is 2.01. The van der Waals surface area contributed by atoms with Crippen molar-refractivity contribution in [2.45, 2.75) is 46.6 Å². The lowest BCUT2D eigenvalue weighted by Gasteiger charge is -2.26. The molecule has 2 aromatic carbocycles. The number of aliphatic hydroxyl groups excluding tert-OH is 1. The maximum atomic E-state index is 13.5. The Morgan fingerprint density at radius 3 is 2.40 bits per heavy atom. The average Bonchev–Trinajstić information content (AvgIpc) is 3.10. The van der Waals surface area contributed by atoms with E-state index in [0.717, 1.165) is 22.3 Å². The molecule has 1 N–H and O–H groups in total. The number of aliphatic hydroxyl groups is 1. The van der Waals surface area contributed by atoms with E-state index >= 15 is 0 Å². The number of anilines is 1. The van der Waals surface area contributed by atoms with Gasteiger partial charge in [0.1, 0.15) is 17.6 Å². The van der Waals surface area contributed by atoms with Crippen LogP contribution >= 0.6 is 0 Å². The lowest BCUT2D eigenvalue weighted by atomic mass is 9.92. The highest BCUT2D eigenvalue weighted by Gasteiger charge is 2.48. The highest BCUT2D eigenvalue weighted by Crippen LogP contribution is 2.44. The van der Waals surface area contributed by atoms with Crippen molar-refractivity contribution >= 4 is 23.1 Å². The molecule has 35 heavy (non-hydrogen) atoms. The maximum Gasteiger partial charge on any atom is 0.300 e. The zero-order chi connectivity index (χ0) is 25.4. The molecule has 1 amide bonds. The first kappa shape index (κ1) is 24.2. The van der Waals surface area contributed by atoms with Gasteiger partial charge in [-0.15, -0.1) is 0 Å². The number of hydrogen-bond acceptors (Lipinski definition) is 5. The number of carbonyl (C=O) groups is 2. The van der Waals surface area contributed by atoms with Crippen LogP contribution in [0.2, 0.25) is 0 Å². The van der Waals surface area contributed by atoms with Crippen molar-refractivity contribution in [2.24, 2.45) is 0 Å². The van der Waals surface area contributed by atoms with Gasteiger partial charge < -0.3 is 9.84 Å². The van der Waals surface area contributed by atoms with Gasteiger partial charge in [-0.1, -0.05) is 32.0 Å². The van der Waals surface area contributed by atoms with Gasteiger partial charge in [-0.3, -0.25) is 19.5 Å². The van der Waals surface area contributed by atoms with E-state index in [4.69, 9.17) is 4.74 Å². The van der Waals surface area contributed by atoms with Gasteiger partial charge in [0.05, 0.1) is 18.4 Å². The van der Waals surface area contributed by atoms with Gasteiger partial charge in [-0.25, -0.2) is 0 Å². The van der Waals surface area contributed by atoms with Crippen LogP contribution in [-0.2, 0) is 9.59 Å². The standard InChI is InChI=1S/C29H30N2O4/c1-16(2)20-15-21(18(4)14-24(20)35-6)27(32)25-26(22-11-7-8-13-30-22)31(29(34)28(25)33)23-12-9-10-17(3)19(23)5/h7-16,26,32H,1-6H3/b27-25+. The molecule has 1 aliphatic rings. The second-order valence-electron chi connectivity index (χ2n) is 9.21. The molecule has 2 heterocycles. The van der Waals surface area contributed by atoms with Crippen LogP contribution in [0.15, 0.2) is 60.3 Å². The van der Waals surface area contributed by atoms with Crippen LogP contribution in [0.4, 0.5) is 5.69 Å². The summed E-state index contributed by atoms with van der Waals surface area (Å²) in [6.07, 6.45) is 1.62. The third-order valence-corrected chi connectivity index (χ3v) is 6.70. The van der Waals surface area contributed by atoms with Crippen LogP contribution in [0.1, 0.15) is 59.3 Å². The summed E-state index contributed by atoms with van der Waals surface area (Å²) in [5.41, 5.74) is 5.17. The van der Waals surface area contributed by atoms with Gasteiger partial charge in [0.25, 0.3) is 11.7 Å². The Bertz CT molecular complexity index is 1340. The Morgan fingerprint density at radius 1 is 1.03 bits per heavy atom. The van der Waals surface area contributed by atoms with Gasteiger partial charge in [0, 0.05) is 17.4 Å². The quantitative estimate of drug-likeness (QED) is 0.291. The number of aromatic nitrogens is 1. The summed E-state index contributed by atoms with van der Waals surface area (Å²) in [4.78, 5) is 32.8. The number of amides is 1. The lowest BCUT2D eigenvalue weighted by molar-refractivity contribution is -0.132. The van der Waals surface area contributed by atoms with Gasteiger partial charge in [-0.2, -0.15) is 0 Å². The molecule has 0 bridgehead atoms. The van der Waals surface area contributed by atoms with Crippen LogP contribution in [0.25, 0.3) is 5.76 Å². The van der Waals surface area contributed by atoms with Crippen molar-refractivity contribution in [3.05, 3.63) is 93.8 Å². The zero-order valence-corrected chi connectivity index (χ0v) is 20.9. The molecule has 6 nitrogen and oxygen atoms in total. The number of Topliss-reactive ketones (excluding diaryl/α,β-unsaturated/α-hetero) is 1. The first-order valence-corrected chi connectivity index (χ1v) is 11.6. The molecular formula is C29H30N2O4. The number of nitrogens with zero attached hydrogens (tertiary/aromatic N) is 2. The number of pyridine rings is 1. The summed E-state index contributed by atoms with van der Waals surface area (Å²) >= 11 is 0. The highest BCUT2D eigenvalue weighted by atomic mass is 16.5. The van der Waals surface area contributed by atoms with Gasteiger partial charge >= 0.3 is 0 Å². The fraction of sp³-hybridized carbons (Fsp3) is 0.276. The summed E-state index contributed by atoms with van der Waals surface area (Å²) in [6.45, 7) is 9.79. The Morgan fingerprint density at radius 2 is 1.77 bits per heavy atom. The van der Waals surface area contributed by atoms with Crippen LogP contribution in [0.5, 0.6) is 5.75 Å². The van der Waals surface area contributed by atoms with Crippen molar-refractivity contribution in [3.63, 3.8) is 0 Å². The summed E-state index contributed by atoms with van der Waals surface area (Å²) in [7, 11) is 1.61. The minimum Gasteiger partial charge on any atom is -0.507 e. The van der Waals surface area contributed by atoms with Crippen molar-refractivity contribution in [2.75, 3.05) is 12.0 Å². The fourth-order valence-corrected chi connectivity index (χ4v) is 4.62. The molecule has 180 valence electrons. The van der Waals surface area contributed by atoms with Crippen LogP contribution < -0.4 is 9.64 Å². The second kappa shape index (κ2) is 9.37. The third kappa shape index (κ3) is 4.09. The molecule has 6 heteroatoms. The van der Waals surface area contributed by atoms with Crippen LogP contribution in [0.3, 0.4) is 0 Å². The van der Waals surface area contributed by atoms with Crippen LogP contribution in [0, 0.1) is 20.8 Å². The zero-order valence-electron chi connectivity index (χ0n) is 20.9. The molecule has 1 aromatic heterocycles. The number of carbonyl (C=O) groups excluding carboxylic acids is 2. The van der Waals surface area contributed by atoms with Crippen molar-refractivity contribution in [1.82, 2.24) is 4.98 Å². The fourth-order valence-electron chi connectivity index (χ4n) is 4.62. The first-order valence-electron chi connectivity index (χ1n) is 11.6. The van der Waals surface area contributed by atoms with E-state index in [0.29, 0.717) is 22.7 Å². The van der Waals surface area contributed by atoms with E-state index in [-0.39, 0.29) is 17.3 Å². The normalized spacial score (nSPS) is 17.3. The first-order chi connectivity index (χ1) is 16.7. The van der Waals surface area contributed by atoms with E-state index in [1.807, 2.05) is 65.0 Å². The van der Waals surface area contributed by atoms with Crippen molar-refractivity contribution < 1.29 is 19.4 Å². The molecule has 1 atom stereocenters. The van der Waals surface area contributed by atoms with Crippen molar-refractivity contribution in [1.29, 1.82) is 0 Å². The topological polar surface area (TPSA) is 79.7 Å². The molecule has 1 aliphatic heterocycles. The largest absolute Gasteiger partial charge is 0.507 e. The SMILES string of the molecule is COc1cc(C)c(/C(O)=C2\C(=O)C(=O)N(c3cccc(C)c3C)C2c2ccccn2)cc1C(C)C. The van der Waals surface area contributed by atoms with Gasteiger partial charge in [0.15, 0.2) is 0 Å². The number of ether oxygens (including phenoxy) is 1. The Kier molecular flexibility index (Phi) is 6.48. The summed E-state index contributed by atoms with van der Waals surface area (Å²) in [5, 5.41) is 11.6. The number of hydrogen-bond donors (Lipinski definition) is 1. The third-order valence-electron chi connectivity index (χ3n) is 6.70. The van der Waals surface area contributed by atoms with Crippen molar-refractivity contribution in [3.8, 4) is 5.75 Å². The highest BCUT2D eigenvalue weighted by molar-refractivity contribution is 6.51. The molecule has 0 aliphatic carbocycles. The Hall–Kier alpha value is -3.93. The monoisotopic (exact) mass is 470 g/mol. The lowest BCUT2D eigenvalue weighted by Crippen LogP contribution is -2.30. The molecule has 0 radical (unpaired) electrons. The molecule has 0 saturated carbocycles. The van der Waals surface area contributed by atoms with E-state index < -0.39 is 17.7 Å². The predicted molar refractivity (Wildman–Crippen MR) is 137 cm³/mol. The maximum absolute atomic E-state index is 13.5. The molecule has 1 fully saturated rings. The van der Waals surface area contributed by atoms with Gasteiger partial charge in [-0.05, 0) is 79.3 Å². The molecule has 1 saturated heterocycles. The summed E-state index contributed by atoms with van der Waals surface area (Å²) < 4.78 is 5.54. The van der Waals surface area contributed by atoms with Crippen LogP contribution in [-0.4, -0.2) is 28.9 Å². The molecule has 3 aromatic rings. The minimum atomic E-state index is -0.860. The number of methoxy groups -OCH3 is 1. The van der Waals surface area contributed by atoms with E-state index in [2.05, 4.69) is 4.98 Å². The smallest absolute Gasteiger partial charge is 0.300 e.